The van der Waals surface area contributed by atoms with Gasteiger partial charge in [0.15, 0.2) is 0 Å². The van der Waals surface area contributed by atoms with Crippen LogP contribution in [0.3, 0.4) is 0 Å². The minimum Gasteiger partial charge on any atom is -0.350 e. The van der Waals surface area contributed by atoms with Crippen LogP contribution in [0.25, 0.3) is 10.9 Å². The van der Waals surface area contributed by atoms with Gasteiger partial charge in [0.2, 0.25) is 0 Å². The van der Waals surface area contributed by atoms with E-state index in [-0.39, 0.29) is 23.7 Å². The highest BCUT2D eigenvalue weighted by Crippen LogP contribution is 2.60. The summed E-state index contributed by atoms with van der Waals surface area (Å²) < 4.78 is 2.03. The van der Waals surface area contributed by atoms with E-state index in [0.29, 0.717) is 0 Å². The van der Waals surface area contributed by atoms with E-state index in [1.807, 2.05) is 66.3 Å². The summed E-state index contributed by atoms with van der Waals surface area (Å²) in [5.74, 6) is -1.42. The quantitative estimate of drug-likeness (QED) is 0.349. The predicted octanol–water partition coefficient (Wildman–Crippen LogP) is 4.40. The van der Waals surface area contributed by atoms with Crippen molar-refractivity contribution in [2.45, 2.75) is 11.8 Å². The highest BCUT2D eigenvalue weighted by atomic mass is 16.2. The second kappa shape index (κ2) is 6.51. The summed E-state index contributed by atoms with van der Waals surface area (Å²) in [6.07, 6.45) is 3.62. The number of amides is 2. The first-order valence-corrected chi connectivity index (χ1v) is 11.3. The van der Waals surface area contributed by atoms with E-state index in [0.717, 1.165) is 21.5 Å². The van der Waals surface area contributed by atoms with E-state index in [2.05, 4.69) is 29.4 Å². The number of aromatic nitrogens is 1. The van der Waals surface area contributed by atoms with Gasteiger partial charge in [-0.3, -0.25) is 9.59 Å². The van der Waals surface area contributed by atoms with Gasteiger partial charge in [0.1, 0.15) is 0 Å². The van der Waals surface area contributed by atoms with Gasteiger partial charge in [-0.15, -0.1) is 0 Å². The van der Waals surface area contributed by atoms with Crippen molar-refractivity contribution in [2.75, 3.05) is 0 Å². The average molecular weight is 431 g/mol. The molecule has 2 atom stereocenters. The smallest absolute Gasteiger partial charge is 0.254 e. The summed E-state index contributed by atoms with van der Waals surface area (Å²) >= 11 is 0. The molecule has 1 fully saturated rings. The van der Waals surface area contributed by atoms with E-state index in [9.17, 15) is 9.59 Å². The molecule has 8 rings (SSSR count). The van der Waals surface area contributed by atoms with Gasteiger partial charge in [-0.05, 0) is 28.3 Å². The van der Waals surface area contributed by atoms with E-state index in [1.165, 1.54) is 22.3 Å². The van der Waals surface area contributed by atoms with Crippen molar-refractivity contribution >= 4 is 28.9 Å². The van der Waals surface area contributed by atoms with Crippen LogP contribution in [-0.2, 0) is 16.6 Å². The van der Waals surface area contributed by atoms with Gasteiger partial charge in [0.25, 0.3) is 11.8 Å². The lowest BCUT2D eigenvalue weighted by atomic mass is 9.55. The van der Waals surface area contributed by atoms with Crippen LogP contribution in [0.15, 0.2) is 84.1 Å². The van der Waals surface area contributed by atoms with Crippen LogP contribution in [0.4, 0.5) is 0 Å². The zero-order valence-corrected chi connectivity index (χ0v) is 18.1. The number of fused-ring (bicyclic) bond motifs is 1. The molecule has 160 valence electrons. The molecule has 0 N–H and O–H groups in total. The molecule has 5 nitrogen and oxygen atoms in total. The number of hydrogen-bond donors (Lipinski definition) is 0. The summed E-state index contributed by atoms with van der Waals surface area (Å²) in [6.45, 7) is 0. The van der Waals surface area contributed by atoms with Gasteiger partial charge >= 0.3 is 0 Å². The average Bonchev–Trinajstić information content (AvgIpc) is 3.31. The van der Waals surface area contributed by atoms with E-state index in [4.69, 9.17) is 0 Å². The third-order valence-corrected chi connectivity index (χ3v) is 7.67. The number of nitrogens with zero attached hydrogens (tertiary/aromatic N) is 3. The molecule has 0 saturated carbocycles. The molecular formula is C28H21N3O2. The maximum atomic E-state index is 13.6. The van der Waals surface area contributed by atoms with Crippen LogP contribution in [-0.4, -0.2) is 27.6 Å². The standard InChI is InChI=1S/C28H21N3O2/c1-30-15-16(17-8-6-7-13-22(17)30)14-29-31-27(32)25-23-18-9-2-3-10-19(18)24(26(25)28(31)33)21-12-5-4-11-20(21)23/h2-15,23-26H,1H3/b29-14+. The number of rotatable bonds is 2. The van der Waals surface area contributed by atoms with E-state index in [1.54, 1.807) is 6.21 Å². The zero-order valence-electron chi connectivity index (χ0n) is 18.1. The van der Waals surface area contributed by atoms with Crippen LogP contribution in [0.5, 0.6) is 0 Å². The summed E-state index contributed by atoms with van der Waals surface area (Å²) in [5.41, 5.74) is 6.65. The highest BCUT2D eigenvalue weighted by Gasteiger charge is 2.61. The summed E-state index contributed by atoms with van der Waals surface area (Å²) in [5, 5.41) is 6.64. The number of hydrazone groups is 1. The van der Waals surface area contributed by atoms with Gasteiger partial charge < -0.3 is 4.57 Å². The van der Waals surface area contributed by atoms with Gasteiger partial charge in [0.05, 0.1) is 18.1 Å². The topological polar surface area (TPSA) is 54.7 Å². The second-order valence-corrected chi connectivity index (χ2v) is 9.21. The Kier molecular flexibility index (Phi) is 3.67. The van der Waals surface area contributed by atoms with Gasteiger partial charge in [-0.2, -0.15) is 10.1 Å². The third kappa shape index (κ3) is 2.34. The Labute approximate surface area is 190 Å². The number of hydrogen-bond acceptors (Lipinski definition) is 3. The molecule has 1 aliphatic heterocycles. The normalized spacial score (nSPS) is 25.1. The largest absolute Gasteiger partial charge is 0.350 e. The Morgan fingerprint density at radius 3 is 1.76 bits per heavy atom. The lowest BCUT2D eigenvalue weighted by Crippen LogP contribution is -2.41. The Morgan fingerprint density at radius 1 is 0.727 bits per heavy atom. The lowest BCUT2D eigenvalue weighted by Gasteiger charge is -2.45. The minimum atomic E-state index is -0.406. The van der Waals surface area contributed by atoms with Crippen LogP contribution in [0, 0.1) is 11.8 Å². The van der Waals surface area contributed by atoms with Crippen LogP contribution >= 0.6 is 0 Å². The Hall–Kier alpha value is -3.99. The molecule has 3 aliphatic carbocycles. The number of benzene rings is 3. The van der Waals surface area contributed by atoms with Crippen molar-refractivity contribution in [1.29, 1.82) is 0 Å². The molecular weight excluding hydrogens is 410 g/mol. The first-order valence-electron chi connectivity index (χ1n) is 11.3. The van der Waals surface area contributed by atoms with Crippen LogP contribution < -0.4 is 0 Å². The molecule has 2 bridgehead atoms. The fraction of sp³-hybridized carbons (Fsp3) is 0.179. The zero-order chi connectivity index (χ0) is 22.3. The molecule has 1 aromatic heterocycles. The molecule has 4 aromatic rings. The van der Waals surface area contributed by atoms with Gasteiger partial charge in [0, 0.05) is 41.5 Å². The molecule has 1 saturated heterocycles. The number of carbonyl (C=O) groups is 2. The highest BCUT2D eigenvalue weighted by molar-refractivity contribution is 6.08. The monoisotopic (exact) mass is 431 g/mol. The van der Waals surface area contributed by atoms with Crippen molar-refractivity contribution in [3.05, 3.63) is 107 Å². The van der Waals surface area contributed by atoms with Gasteiger partial charge in [-0.25, -0.2) is 0 Å². The SMILES string of the molecule is Cn1cc(/C=N/N2C(=O)C3C4c5ccccc5C(c5ccccc54)C3C2=O)c2ccccc21. The molecule has 0 spiro atoms. The first-order chi connectivity index (χ1) is 16.1. The summed E-state index contributed by atoms with van der Waals surface area (Å²) in [4.78, 5) is 27.3. The summed E-state index contributed by atoms with van der Waals surface area (Å²) in [7, 11) is 1.98. The first kappa shape index (κ1) is 18.6. The Morgan fingerprint density at radius 2 is 1.21 bits per heavy atom. The number of para-hydroxylation sites is 1. The molecule has 0 radical (unpaired) electrons. The predicted molar refractivity (Wildman–Crippen MR) is 126 cm³/mol. The fourth-order valence-electron chi connectivity index (χ4n) is 6.37. The maximum absolute atomic E-state index is 13.6. The lowest BCUT2D eigenvalue weighted by molar-refractivity contribution is -0.139. The second-order valence-electron chi connectivity index (χ2n) is 9.21. The van der Waals surface area contributed by atoms with Crippen molar-refractivity contribution < 1.29 is 9.59 Å². The van der Waals surface area contributed by atoms with Crippen molar-refractivity contribution in [3.63, 3.8) is 0 Å². The maximum Gasteiger partial charge on any atom is 0.254 e. The molecule has 2 amide bonds. The molecule has 5 heteroatoms. The van der Waals surface area contributed by atoms with Gasteiger partial charge in [-0.1, -0.05) is 66.7 Å². The number of aryl methyl sites for hydroxylation is 1. The number of carbonyl (C=O) groups excluding carboxylic acids is 2. The Bertz CT molecular complexity index is 1400. The van der Waals surface area contributed by atoms with Crippen molar-refractivity contribution in [1.82, 2.24) is 9.58 Å². The van der Waals surface area contributed by atoms with E-state index < -0.39 is 11.8 Å². The van der Waals surface area contributed by atoms with Crippen LogP contribution in [0.1, 0.15) is 39.7 Å². The third-order valence-electron chi connectivity index (χ3n) is 7.67. The number of imide groups is 1. The fourth-order valence-corrected chi connectivity index (χ4v) is 6.37. The Balaban J connectivity index is 1.33. The van der Waals surface area contributed by atoms with Crippen molar-refractivity contribution in [3.8, 4) is 0 Å². The molecule has 4 aliphatic rings. The summed E-state index contributed by atoms with van der Waals surface area (Å²) in [6, 6.07) is 24.6. The van der Waals surface area contributed by atoms with Crippen LogP contribution in [0.2, 0.25) is 0 Å². The molecule has 33 heavy (non-hydrogen) atoms. The molecule has 2 heterocycles. The van der Waals surface area contributed by atoms with Crippen molar-refractivity contribution in [2.24, 2.45) is 24.0 Å². The molecule has 2 unspecified atom stereocenters. The van der Waals surface area contributed by atoms with E-state index >= 15 is 0 Å². The minimum absolute atomic E-state index is 0.110. The molecule has 3 aromatic carbocycles.